The lowest BCUT2D eigenvalue weighted by Crippen LogP contribution is -2.13. The number of rotatable bonds is 6. The van der Waals surface area contributed by atoms with Crippen molar-refractivity contribution < 1.29 is 4.74 Å². The van der Waals surface area contributed by atoms with E-state index in [4.69, 9.17) is 4.74 Å². The summed E-state index contributed by atoms with van der Waals surface area (Å²) in [4.78, 5) is 2.19. The Morgan fingerprint density at radius 1 is 1.27 bits per heavy atom. The zero-order chi connectivity index (χ0) is 8.53. The molecule has 0 unspecified atom stereocenters. The van der Waals surface area contributed by atoms with E-state index < -0.39 is 0 Å². The summed E-state index contributed by atoms with van der Waals surface area (Å²) in [6.07, 6.45) is 6.01. The Hall–Kier alpha value is -0.500. The van der Waals surface area contributed by atoms with Crippen molar-refractivity contribution in [1.82, 2.24) is 4.90 Å². The molecule has 66 valence electrons. The normalized spacial score (nSPS) is 11.3. The van der Waals surface area contributed by atoms with Gasteiger partial charge >= 0.3 is 0 Å². The lowest BCUT2D eigenvalue weighted by Gasteiger charge is -2.08. The van der Waals surface area contributed by atoms with Crippen molar-refractivity contribution in [2.45, 2.75) is 19.8 Å². The van der Waals surface area contributed by atoms with Gasteiger partial charge in [-0.3, -0.25) is 0 Å². The van der Waals surface area contributed by atoms with Crippen LogP contribution in [-0.4, -0.2) is 32.1 Å². The largest absolute Gasteiger partial charge is 0.502 e. The van der Waals surface area contributed by atoms with E-state index in [9.17, 15) is 0 Å². The molecule has 0 saturated carbocycles. The van der Waals surface area contributed by atoms with Gasteiger partial charge in [-0.2, -0.15) is 0 Å². The van der Waals surface area contributed by atoms with E-state index in [1.165, 1.54) is 6.42 Å². The summed E-state index contributed by atoms with van der Waals surface area (Å²) in [6.45, 7) is 3.96. The van der Waals surface area contributed by atoms with Gasteiger partial charge in [0.25, 0.3) is 0 Å². The molecule has 0 radical (unpaired) electrons. The van der Waals surface area contributed by atoms with Gasteiger partial charge in [0.05, 0.1) is 12.9 Å². The van der Waals surface area contributed by atoms with E-state index in [1.807, 2.05) is 13.0 Å². The molecule has 0 heterocycles. The lowest BCUT2D eigenvalue weighted by molar-refractivity contribution is 0.235. The molecule has 2 heteroatoms. The van der Waals surface area contributed by atoms with Crippen LogP contribution in [0.2, 0.25) is 0 Å². The molecular weight excluding hydrogens is 138 g/mol. The van der Waals surface area contributed by atoms with Crippen LogP contribution >= 0.6 is 0 Å². The predicted molar refractivity (Wildman–Crippen MR) is 48.6 cm³/mol. The van der Waals surface area contributed by atoms with Crippen molar-refractivity contribution in [2.24, 2.45) is 0 Å². The van der Waals surface area contributed by atoms with Crippen molar-refractivity contribution in [1.29, 1.82) is 0 Å². The van der Waals surface area contributed by atoms with Crippen LogP contribution in [0, 0.1) is 0 Å². The van der Waals surface area contributed by atoms with Gasteiger partial charge in [-0.25, -0.2) is 0 Å². The van der Waals surface area contributed by atoms with Crippen LogP contribution in [0.25, 0.3) is 0 Å². The fraction of sp³-hybridized carbons (Fsp3) is 0.778. The summed E-state index contributed by atoms with van der Waals surface area (Å²) in [7, 11) is 4.18. The van der Waals surface area contributed by atoms with Crippen LogP contribution in [-0.2, 0) is 4.74 Å². The first-order chi connectivity index (χ1) is 5.27. The molecule has 0 saturated heterocycles. The zero-order valence-corrected chi connectivity index (χ0v) is 7.84. The molecule has 0 spiro atoms. The predicted octanol–water partition coefficient (Wildman–Crippen LogP) is 1.88. The molecule has 0 fully saturated rings. The highest BCUT2D eigenvalue weighted by molar-refractivity contribution is 4.64. The first kappa shape index (κ1) is 10.5. The van der Waals surface area contributed by atoms with Crippen molar-refractivity contribution in [3.63, 3.8) is 0 Å². The molecule has 11 heavy (non-hydrogen) atoms. The molecular formula is C9H19NO. The van der Waals surface area contributed by atoms with E-state index in [1.54, 1.807) is 6.26 Å². The number of hydrogen-bond donors (Lipinski definition) is 0. The Bertz CT molecular complexity index is 99.7. The van der Waals surface area contributed by atoms with Crippen LogP contribution in [0.5, 0.6) is 0 Å². The maximum atomic E-state index is 5.17. The van der Waals surface area contributed by atoms with Gasteiger partial charge in [0.15, 0.2) is 0 Å². The fourth-order valence-corrected chi connectivity index (χ4v) is 0.778. The second-order valence-corrected chi connectivity index (χ2v) is 2.85. The van der Waals surface area contributed by atoms with Gasteiger partial charge in [-0.1, -0.05) is 6.08 Å². The maximum Gasteiger partial charge on any atom is 0.0873 e. The minimum absolute atomic E-state index is 0.845. The van der Waals surface area contributed by atoms with Gasteiger partial charge in [-0.15, -0.1) is 0 Å². The number of hydrogen-bond acceptors (Lipinski definition) is 2. The Morgan fingerprint density at radius 3 is 2.55 bits per heavy atom. The molecule has 0 aliphatic rings. The van der Waals surface area contributed by atoms with Gasteiger partial charge in [0, 0.05) is 0 Å². The third-order valence-corrected chi connectivity index (χ3v) is 1.35. The van der Waals surface area contributed by atoms with Gasteiger partial charge < -0.3 is 9.64 Å². The van der Waals surface area contributed by atoms with E-state index in [2.05, 4.69) is 19.0 Å². The summed E-state index contributed by atoms with van der Waals surface area (Å²) < 4.78 is 5.17. The highest BCUT2D eigenvalue weighted by Gasteiger charge is 1.89. The zero-order valence-electron chi connectivity index (χ0n) is 7.84. The van der Waals surface area contributed by atoms with Crippen molar-refractivity contribution in [2.75, 3.05) is 27.2 Å². The number of unbranched alkanes of at least 4 members (excludes halogenated alkanes) is 1. The van der Waals surface area contributed by atoms with Crippen LogP contribution in [0.3, 0.4) is 0 Å². The molecule has 0 amide bonds. The van der Waals surface area contributed by atoms with Crippen LogP contribution in [0.4, 0.5) is 0 Å². The highest BCUT2D eigenvalue weighted by atomic mass is 16.5. The summed E-state index contributed by atoms with van der Waals surface area (Å²) >= 11 is 0. The van der Waals surface area contributed by atoms with Crippen molar-refractivity contribution >= 4 is 0 Å². The number of nitrogens with zero attached hydrogens (tertiary/aromatic N) is 1. The summed E-state index contributed by atoms with van der Waals surface area (Å²) in [5.74, 6) is 0. The quantitative estimate of drug-likeness (QED) is 0.431. The molecule has 0 N–H and O–H groups in total. The van der Waals surface area contributed by atoms with Gasteiger partial charge in [0.2, 0.25) is 0 Å². The Balaban J connectivity index is 2.91. The Labute approximate surface area is 69.8 Å². The second-order valence-electron chi connectivity index (χ2n) is 2.85. The van der Waals surface area contributed by atoms with E-state index in [0.29, 0.717) is 0 Å². The third-order valence-electron chi connectivity index (χ3n) is 1.35. The monoisotopic (exact) mass is 157 g/mol. The van der Waals surface area contributed by atoms with Crippen molar-refractivity contribution in [3.8, 4) is 0 Å². The first-order valence-electron chi connectivity index (χ1n) is 4.15. The summed E-state index contributed by atoms with van der Waals surface area (Å²) in [6, 6.07) is 0. The third kappa shape index (κ3) is 9.50. The van der Waals surface area contributed by atoms with E-state index in [-0.39, 0.29) is 0 Å². The van der Waals surface area contributed by atoms with Gasteiger partial charge in [0.1, 0.15) is 0 Å². The molecule has 0 aromatic carbocycles. The smallest absolute Gasteiger partial charge is 0.0873 e. The Kier molecular flexibility index (Phi) is 7.26. The summed E-state index contributed by atoms with van der Waals surface area (Å²) in [5, 5.41) is 0. The van der Waals surface area contributed by atoms with Crippen LogP contribution in [0.15, 0.2) is 12.3 Å². The topological polar surface area (TPSA) is 12.5 Å². The molecule has 0 aliphatic carbocycles. The maximum absolute atomic E-state index is 5.17. The fourth-order valence-electron chi connectivity index (χ4n) is 0.778. The minimum atomic E-state index is 0.845. The first-order valence-corrected chi connectivity index (χ1v) is 4.15. The SMILES string of the molecule is CC=COCCCCN(C)C. The Morgan fingerprint density at radius 2 is 2.00 bits per heavy atom. The minimum Gasteiger partial charge on any atom is -0.502 e. The van der Waals surface area contributed by atoms with E-state index >= 15 is 0 Å². The molecule has 0 aliphatic heterocycles. The van der Waals surface area contributed by atoms with Crippen LogP contribution in [0.1, 0.15) is 19.8 Å². The summed E-state index contributed by atoms with van der Waals surface area (Å²) in [5.41, 5.74) is 0. The standard InChI is InChI=1S/C9H19NO/c1-4-8-11-9-6-5-7-10(2)3/h4,8H,5-7,9H2,1-3H3. The average Bonchev–Trinajstić information content (AvgIpc) is 1.96. The molecule has 0 atom stereocenters. The molecule has 0 aromatic heterocycles. The molecule has 0 aromatic rings. The average molecular weight is 157 g/mol. The molecule has 0 rings (SSSR count). The number of allylic oxidation sites excluding steroid dienone is 1. The molecule has 2 nitrogen and oxygen atoms in total. The second kappa shape index (κ2) is 7.61. The van der Waals surface area contributed by atoms with Crippen molar-refractivity contribution in [3.05, 3.63) is 12.3 Å². The molecule has 0 bridgehead atoms. The highest BCUT2D eigenvalue weighted by Crippen LogP contribution is 1.91. The van der Waals surface area contributed by atoms with E-state index in [0.717, 1.165) is 19.6 Å². The van der Waals surface area contributed by atoms with Crippen LogP contribution < -0.4 is 0 Å². The number of ether oxygens (including phenoxy) is 1. The van der Waals surface area contributed by atoms with Gasteiger partial charge in [-0.05, 0) is 40.4 Å². The lowest BCUT2D eigenvalue weighted by atomic mass is 10.3.